The molecule has 3 atom stereocenters. The van der Waals surface area contributed by atoms with Crippen LogP contribution < -0.4 is 5.32 Å². The second-order valence-corrected chi connectivity index (χ2v) is 9.16. The van der Waals surface area contributed by atoms with Crippen molar-refractivity contribution in [3.05, 3.63) is 59.7 Å². The molecule has 8 heteroatoms. The Hall–Kier alpha value is -3.39. The maximum atomic E-state index is 12.6. The fraction of sp³-hybridized carbons (Fsp3) is 0.400. The van der Waals surface area contributed by atoms with Crippen molar-refractivity contribution >= 4 is 18.0 Å². The normalized spacial score (nSPS) is 25.3. The molecule has 2 aromatic rings. The molecule has 1 saturated heterocycles. The summed E-state index contributed by atoms with van der Waals surface area (Å²) in [4.78, 5) is 37.5. The summed E-state index contributed by atoms with van der Waals surface area (Å²) >= 11 is 0. The van der Waals surface area contributed by atoms with Crippen molar-refractivity contribution in [1.82, 2.24) is 10.2 Å². The molecule has 33 heavy (non-hydrogen) atoms. The van der Waals surface area contributed by atoms with Crippen LogP contribution in [-0.4, -0.2) is 64.9 Å². The van der Waals surface area contributed by atoms with Crippen LogP contribution >= 0.6 is 0 Å². The van der Waals surface area contributed by atoms with Gasteiger partial charge < -0.3 is 25.2 Å². The standard InChI is InChI=1S/C25H26N2O6/c28-22(27-10-9-25(32,14-27)23(29)30)20-11-15(20)12-26-24(31)33-13-21-18-7-3-1-5-16(18)17-6-2-4-8-19(17)21/h1-8,15,20-21,32H,9-14H2,(H,26,31)(H,29,30)/t15-,20-,25?/m0/s1. The van der Waals surface area contributed by atoms with Crippen LogP contribution in [0.3, 0.4) is 0 Å². The highest BCUT2D eigenvalue weighted by atomic mass is 16.5. The smallest absolute Gasteiger partial charge is 0.407 e. The van der Waals surface area contributed by atoms with Gasteiger partial charge in [-0.25, -0.2) is 9.59 Å². The van der Waals surface area contributed by atoms with E-state index in [2.05, 4.69) is 29.6 Å². The third-order valence-corrected chi connectivity index (χ3v) is 7.05. The summed E-state index contributed by atoms with van der Waals surface area (Å²) in [5.41, 5.74) is 2.76. The number of fused-ring (bicyclic) bond motifs is 3. The number of rotatable bonds is 6. The summed E-state index contributed by atoms with van der Waals surface area (Å²) in [6.45, 7) is 0.591. The second kappa shape index (κ2) is 8.19. The van der Waals surface area contributed by atoms with E-state index in [4.69, 9.17) is 9.84 Å². The molecule has 2 fully saturated rings. The average molecular weight is 450 g/mol. The van der Waals surface area contributed by atoms with E-state index in [1.165, 1.54) is 4.90 Å². The lowest BCUT2D eigenvalue weighted by atomic mass is 9.98. The number of nitrogens with zero attached hydrogens (tertiary/aromatic N) is 1. The van der Waals surface area contributed by atoms with Crippen LogP contribution in [0.25, 0.3) is 11.1 Å². The first-order valence-corrected chi connectivity index (χ1v) is 11.2. The summed E-state index contributed by atoms with van der Waals surface area (Å²) in [6, 6.07) is 16.3. The minimum absolute atomic E-state index is 0.00324. The zero-order valence-electron chi connectivity index (χ0n) is 18.1. The zero-order valence-corrected chi connectivity index (χ0v) is 18.1. The molecule has 8 nitrogen and oxygen atoms in total. The number of aliphatic hydroxyl groups is 1. The fourth-order valence-corrected chi connectivity index (χ4v) is 5.03. The van der Waals surface area contributed by atoms with E-state index in [1.54, 1.807) is 0 Å². The van der Waals surface area contributed by atoms with Crippen LogP contribution in [0, 0.1) is 11.8 Å². The topological polar surface area (TPSA) is 116 Å². The minimum atomic E-state index is -1.86. The van der Waals surface area contributed by atoms with Crippen LogP contribution in [-0.2, 0) is 14.3 Å². The van der Waals surface area contributed by atoms with Crippen LogP contribution in [0.2, 0.25) is 0 Å². The highest BCUT2D eigenvalue weighted by Gasteiger charge is 2.50. The first-order chi connectivity index (χ1) is 15.9. The lowest BCUT2D eigenvalue weighted by Gasteiger charge is -2.19. The van der Waals surface area contributed by atoms with Gasteiger partial charge in [0.1, 0.15) is 6.61 Å². The summed E-state index contributed by atoms with van der Waals surface area (Å²) in [5.74, 6) is -1.73. The molecule has 2 aliphatic carbocycles. The molecule has 1 heterocycles. The van der Waals surface area contributed by atoms with Gasteiger partial charge in [0.25, 0.3) is 0 Å². The van der Waals surface area contributed by atoms with Gasteiger partial charge in [0.05, 0.1) is 6.54 Å². The Morgan fingerprint density at radius 1 is 1.06 bits per heavy atom. The molecule has 1 unspecified atom stereocenters. The summed E-state index contributed by atoms with van der Waals surface area (Å²) < 4.78 is 5.52. The van der Waals surface area contributed by atoms with Gasteiger partial charge in [0, 0.05) is 31.3 Å². The van der Waals surface area contributed by atoms with Gasteiger partial charge in [0.15, 0.2) is 5.60 Å². The van der Waals surface area contributed by atoms with Gasteiger partial charge in [-0.1, -0.05) is 48.5 Å². The maximum absolute atomic E-state index is 12.6. The van der Waals surface area contributed by atoms with E-state index in [0.717, 1.165) is 22.3 Å². The van der Waals surface area contributed by atoms with Gasteiger partial charge in [-0.15, -0.1) is 0 Å². The van der Waals surface area contributed by atoms with Crippen LogP contribution in [0.15, 0.2) is 48.5 Å². The maximum Gasteiger partial charge on any atom is 0.407 e. The summed E-state index contributed by atoms with van der Waals surface area (Å²) in [6.07, 6.45) is 0.143. The number of alkyl carbamates (subject to hydrolysis) is 1. The second-order valence-electron chi connectivity index (χ2n) is 9.16. The monoisotopic (exact) mass is 450 g/mol. The molecule has 172 valence electrons. The number of ether oxygens (including phenoxy) is 1. The number of carboxylic acid groups (broad SMARTS) is 1. The molecule has 1 aliphatic heterocycles. The molecule has 0 aromatic heterocycles. The number of β-amino-alcohol motifs (C(OH)–C–C–N with tert-alkyl or cyclic N) is 1. The Morgan fingerprint density at radius 2 is 1.70 bits per heavy atom. The number of hydrogen-bond acceptors (Lipinski definition) is 5. The molecule has 0 radical (unpaired) electrons. The molecule has 0 spiro atoms. The van der Waals surface area contributed by atoms with Crippen molar-refractivity contribution in [2.75, 3.05) is 26.2 Å². The highest BCUT2D eigenvalue weighted by molar-refractivity contribution is 5.85. The van der Waals surface area contributed by atoms with Crippen LogP contribution in [0.5, 0.6) is 0 Å². The number of aliphatic carboxylic acids is 1. The SMILES string of the molecule is O=C(NC[C@@H]1C[C@@H]1C(=O)N1CCC(O)(C(=O)O)C1)OCC1c2ccccc2-c2ccccc21. The number of carboxylic acids is 1. The third-order valence-electron chi connectivity index (χ3n) is 7.05. The summed E-state index contributed by atoms with van der Waals surface area (Å²) in [7, 11) is 0. The number of benzene rings is 2. The van der Waals surface area contributed by atoms with Crippen molar-refractivity contribution in [2.45, 2.75) is 24.4 Å². The minimum Gasteiger partial charge on any atom is -0.479 e. The van der Waals surface area contributed by atoms with Crippen LogP contribution in [0.1, 0.15) is 29.9 Å². The van der Waals surface area contributed by atoms with Crippen molar-refractivity contribution in [1.29, 1.82) is 0 Å². The first-order valence-electron chi connectivity index (χ1n) is 11.2. The molecule has 1 saturated carbocycles. The predicted octanol–water partition coefficient (Wildman–Crippen LogP) is 2.21. The largest absolute Gasteiger partial charge is 0.479 e. The van der Waals surface area contributed by atoms with Crippen molar-refractivity contribution in [2.24, 2.45) is 11.8 Å². The number of nitrogens with one attached hydrogen (secondary N) is 1. The van der Waals surface area contributed by atoms with Crippen molar-refractivity contribution in [3.63, 3.8) is 0 Å². The Labute approximate surface area is 191 Å². The molecule has 5 rings (SSSR count). The van der Waals surface area contributed by atoms with E-state index in [0.29, 0.717) is 13.0 Å². The average Bonchev–Trinajstić information content (AvgIpc) is 3.37. The predicted molar refractivity (Wildman–Crippen MR) is 118 cm³/mol. The zero-order chi connectivity index (χ0) is 23.2. The van der Waals surface area contributed by atoms with Gasteiger partial charge in [-0.2, -0.15) is 0 Å². The molecule has 2 aromatic carbocycles. The Kier molecular flexibility index (Phi) is 5.32. The Balaban J connectivity index is 1.11. The third kappa shape index (κ3) is 3.95. The first kappa shape index (κ1) is 21.5. The molecule has 2 amide bonds. The fourth-order valence-electron chi connectivity index (χ4n) is 5.03. The van der Waals surface area contributed by atoms with Crippen molar-refractivity contribution in [3.8, 4) is 11.1 Å². The molecular formula is C25H26N2O6. The van der Waals surface area contributed by atoms with Crippen LogP contribution in [0.4, 0.5) is 4.79 Å². The number of carbonyl (C=O) groups is 3. The Morgan fingerprint density at radius 3 is 2.30 bits per heavy atom. The quantitative estimate of drug-likeness (QED) is 0.622. The van der Waals surface area contributed by atoms with E-state index in [-0.39, 0.29) is 49.8 Å². The highest BCUT2D eigenvalue weighted by Crippen LogP contribution is 2.44. The van der Waals surface area contributed by atoms with Gasteiger partial charge in [-0.3, -0.25) is 4.79 Å². The summed E-state index contributed by atoms with van der Waals surface area (Å²) in [5, 5.41) is 21.9. The number of carbonyl (C=O) groups excluding carboxylic acids is 2. The van der Waals surface area contributed by atoms with Gasteiger partial charge in [0.2, 0.25) is 5.91 Å². The molecule has 3 N–H and O–H groups in total. The molecule has 3 aliphatic rings. The van der Waals surface area contributed by atoms with Gasteiger partial charge >= 0.3 is 12.1 Å². The van der Waals surface area contributed by atoms with E-state index in [1.807, 2.05) is 24.3 Å². The molecular weight excluding hydrogens is 424 g/mol. The van der Waals surface area contributed by atoms with Crippen molar-refractivity contribution < 1.29 is 29.3 Å². The Bertz CT molecular complexity index is 1070. The lowest BCUT2D eigenvalue weighted by molar-refractivity contribution is -0.157. The number of hydrogen-bond donors (Lipinski definition) is 3. The molecule has 0 bridgehead atoms. The lowest BCUT2D eigenvalue weighted by Crippen LogP contribution is -2.43. The van der Waals surface area contributed by atoms with Gasteiger partial charge in [-0.05, 0) is 34.6 Å². The number of likely N-dealkylation sites (tertiary alicyclic amines) is 1. The number of amides is 2. The van der Waals surface area contributed by atoms with E-state index < -0.39 is 17.7 Å². The van der Waals surface area contributed by atoms with E-state index >= 15 is 0 Å². The van der Waals surface area contributed by atoms with E-state index in [9.17, 15) is 19.5 Å².